The Hall–Kier alpha value is -2.02. The minimum atomic E-state index is -4.74. The third kappa shape index (κ3) is 5.85. The standard InChI is InChI=1S/C22H24F6NO2P/c23-21(24,25)15-4-6-16(7-5-15)31-18-9-3-13-12-14(20(30)29-10-1-11-32)2-8-17(13)19(18)22(26,27)28/h2-3,8-9,12,15-16H,1,4-7,10-11,32H2,(H,29,30). The number of rotatable bonds is 6. The zero-order chi connectivity index (χ0) is 23.5. The molecule has 10 heteroatoms. The molecular weight excluding hydrogens is 455 g/mol. The summed E-state index contributed by atoms with van der Waals surface area (Å²) in [6.07, 6.45) is -8.44. The van der Waals surface area contributed by atoms with Crippen LogP contribution in [0.1, 0.15) is 48.0 Å². The number of halogens is 6. The number of fused-ring (bicyclic) bond motifs is 1. The van der Waals surface area contributed by atoms with E-state index in [1.165, 1.54) is 30.3 Å². The molecule has 0 heterocycles. The molecule has 1 aliphatic carbocycles. The Labute approximate surface area is 184 Å². The third-order valence-corrected chi connectivity index (χ3v) is 6.03. The van der Waals surface area contributed by atoms with Gasteiger partial charge in [-0.3, -0.25) is 4.79 Å². The lowest BCUT2D eigenvalue weighted by Crippen LogP contribution is -2.32. The van der Waals surface area contributed by atoms with Gasteiger partial charge in [-0.05, 0) is 67.2 Å². The molecule has 1 amide bonds. The molecular formula is C22H24F6NO2P. The van der Waals surface area contributed by atoms with Gasteiger partial charge in [0.15, 0.2) is 0 Å². The summed E-state index contributed by atoms with van der Waals surface area (Å²) in [5, 5.41) is 2.81. The Morgan fingerprint density at radius 1 is 1.03 bits per heavy atom. The number of amides is 1. The van der Waals surface area contributed by atoms with Crippen molar-refractivity contribution in [2.24, 2.45) is 5.92 Å². The number of ether oxygens (including phenoxy) is 1. The van der Waals surface area contributed by atoms with E-state index in [0.717, 1.165) is 12.6 Å². The summed E-state index contributed by atoms with van der Waals surface area (Å²) < 4.78 is 85.8. The smallest absolute Gasteiger partial charge is 0.420 e. The van der Waals surface area contributed by atoms with Gasteiger partial charge in [0, 0.05) is 12.1 Å². The summed E-state index contributed by atoms with van der Waals surface area (Å²) in [6, 6.07) is 6.55. The van der Waals surface area contributed by atoms with E-state index in [1.54, 1.807) is 0 Å². The molecule has 2 aromatic carbocycles. The summed E-state index contributed by atoms with van der Waals surface area (Å²) >= 11 is 0. The molecule has 2 aromatic rings. The Morgan fingerprint density at radius 3 is 2.31 bits per heavy atom. The van der Waals surface area contributed by atoms with Gasteiger partial charge in [-0.15, -0.1) is 9.24 Å². The molecule has 176 valence electrons. The minimum absolute atomic E-state index is 0.0366. The highest BCUT2D eigenvalue weighted by molar-refractivity contribution is 7.16. The second kappa shape index (κ2) is 9.86. The average Bonchev–Trinajstić information content (AvgIpc) is 2.72. The molecule has 0 saturated heterocycles. The van der Waals surface area contributed by atoms with Gasteiger partial charge in [0.05, 0.1) is 12.0 Å². The number of carbonyl (C=O) groups excluding carboxylic acids is 1. The first-order valence-corrected chi connectivity index (χ1v) is 11.2. The van der Waals surface area contributed by atoms with Gasteiger partial charge in [0.25, 0.3) is 5.91 Å². The first-order chi connectivity index (χ1) is 15.0. The fourth-order valence-electron chi connectivity index (χ4n) is 3.94. The number of hydrogen-bond donors (Lipinski definition) is 1. The van der Waals surface area contributed by atoms with Gasteiger partial charge >= 0.3 is 12.4 Å². The van der Waals surface area contributed by atoms with Gasteiger partial charge in [-0.25, -0.2) is 0 Å². The molecule has 3 rings (SSSR count). The van der Waals surface area contributed by atoms with Crippen LogP contribution in [0.3, 0.4) is 0 Å². The van der Waals surface area contributed by atoms with E-state index in [2.05, 4.69) is 14.6 Å². The summed E-state index contributed by atoms with van der Waals surface area (Å²) in [5.74, 6) is -2.22. The molecule has 0 spiro atoms. The van der Waals surface area contributed by atoms with Crippen LogP contribution in [0.25, 0.3) is 10.8 Å². The predicted octanol–water partition coefficient (Wildman–Crippen LogP) is 6.35. The van der Waals surface area contributed by atoms with Crippen molar-refractivity contribution in [3.05, 3.63) is 41.5 Å². The summed E-state index contributed by atoms with van der Waals surface area (Å²) in [5.41, 5.74) is -0.739. The molecule has 1 saturated carbocycles. The van der Waals surface area contributed by atoms with Crippen LogP contribution >= 0.6 is 9.24 Å². The molecule has 0 radical (unpaired) electrons. The molecule has 3 nitrogen and oxygen atoms in total. The van der Waals surface area contributed by atoms with Crippen molar-refractivity contribution in [1.82, 2.24) is 5.32 Å². The Bertz CT molecular complexity index is 952. The lowest BCUT2D eigenvalue weighted by atomic mass is 9.87. The predicted molar refractivity (Wildman–Crippen MR) is 113 cm³/mol. The van der Waals surface area contributed by atoms with E-state index < -0.39 is 35.7 Å². The van der Waals surface area contributed by atoms with Crippen LogP contribution in [0.15, 0.2) is 30.3 Å². The van der Waals surface area contributed by atoms with Crippen LogP contribution in [-0.2, 0) is 6.18 Å². The molecule has 1 aliphatic rings. The summed E-state index contributed by atoms with van der Waals surface area (Å²) in [4.78, 5) is 12.2. The fourth-order valence-corrected chi connectivity index (χ4v) is 4.14. The lowest BCUT2D eigenvalue weighted by Gasteiger charge is -2.31. The lowest BCUT2D eigenvalue weighted by molar-refractivity contribution is -0.185. The van der Waals surface area contributed by atoms with Gasteiger partial charge in [0.1, 0.15) is 11.3 Å². The maximum absolute atomic E-state index is 13.9. The van der Waals surface area contributed by atoms with Crippen molar-refractivity contribution < 1.29 is 35.9 Å². The molecule has 1 atom stereocenters. The molecule has 0 aliphatic heterocycles. The molecule has 0 bridgehead atoms. The fraction of sp³-hybridized carbons (Fsp3) is 0.500. The molecule has 1 unspecified atom stereocenters. The number of benzene rings is 2. The van der Waals surface area contributed by atoms with Crippen molar-refractivity contribution in [2.75, 3.05) is 12.7 Å². The third-order valence-electron chi connectivity index (χ3n) is 5.62. The number of nitrogens with one attached hydrogen (secondary N) is 1. The highest BCUT2D eigenvalue weighted by Crippen LogP contribution is 2.44. The number of hydrogen-bond acceptors (Lipinski definition) is 2. The van der Waals surface area contributed by atoms with Gasteiger partial charge < -0.3 is 10.1 Å². The number of carbonyl (C=O) groups is 1. The zero-order valence-corrected chi connectivity index (χ0v) is 18.3. The van der Waals surface area contributed by atoms with Crippen LogP contribution < -0.4 is 10.1 Å². The van der Waals surface area contributed by atoms with E-state index in [4.69, 9.17) is 4.74 Å². The van der Waals surface area contributed by atoms with Crippen LogP contribution in [0.2, 0.25) is 0 Å². The average molecular weight is 479 g/mol. The van der Waals surface area contributed by atoms with Crippen molar-refractivity contribution in [1.29, 1.82) is 0 Å². The highest BCUT2D eigenvalue weighted by atomic mass is 31.0. The second-order valence-corrected chi connectivity index (χ2v) is 8.48. The molecule has 1 fully saturated rings. The number of alkyl halides is 6. The van der Waals surface area contributed by atoms with E-state index in [0.29, 0.717) is 6.54 Å². The van der Waals surface area contributed by atoms with Gasteiger partial charge in [-0.2, -0.15) is 26.3 Å². The highest BCUT2D eigenvalue weighted by Gasteiger charge is 2.42. The van der Waals surface area contributed by atoms with Crippen LogP contribution in [-0.4, -0.2) is 30.9 Å². The van der Waals surface area contributed by atoms with Crippen LogP contribution in [0.5, 0.6) is 5.75 Å². The van der Waals surface area contributed by atoms with Crippen molar-refractivity contribution in [3.63, 3.8) is 0 Å². The van der Waals surface area contributed by atoms with E-state index in [9.17, 15) is 31.1 Å². The normalized spacial score (nSPS) is 19.7. The first kappa shape index (κ1) is 24.6. The van der Waals surface area contributed by atoms with E-state index >= 15 is 0 Å². The summed E-state index contributed by atoms with van der Waals surface area (Å²) in [6.45, 7) is 0.456. The molecule has 1 N–H and O–H groups in total. The van der Waals surface area contributed by atoms with Gasteiger partial charge in [-0.1, -0.05) is 12.1 Å². The van der Waals surface area contributed by atoms with Crippen molar-refractivity contribution in [2.45, 2.75) is 50.6 Å². The largest absolute Gasteiger partial charge is 0.490 e. The van der Waals surface area contributed by atoms with Gasteiger partial charge in [0.2, 0.25) is 0 Å². The zero-order valence-electron chi connectivity index (χ0n) is 17.2. The topological polar surface area (TPSA) is 38.3 Å². The maximum Gasteiger partial charge on any atom is 0.420 e. The summed E-state index contributed by atoms with van der Waals surface area (Å²) in [7, 11) is 2.54. The monoisotopic (exact) mass is 479 g/mol. The maximum atomic E-state index is 13.9. The SMILES string of the molecule is O=C(NCCCP)c1ccc2c(C(F)(F)F)c(OC3CCC(C(F)(F)F)CC3)ccc2c1. The molecule has 0 aromatic heterocycles. The quantitative estimate of drug-likeness (QED) is 0.298. The van der Waals surface area contributed by atoms with Crippen LogP contribution in [0.4, 0.5) is 26.3 Å². The minimum Gasteiger partial charge on any atom is -0.490 e. The Balaban J connectivity index is 1.84. The van der Waals surface area contributed by atoms with E-state index in [-0.39, 0.29) is 47.9 Å². The second-order valence-electron chi connectivity index (χ2n) is 7.90. The van der Waals surface area contributed by atoms with Crippen LogP contribution in [0, 0.1) is 5.92 Å². The van der Waals surface area contributed by atoms with E-state index in [1.807, 2.05) is 0 Å². The first-order valence-electron chi connectivity index (χ1n) is 10.4. The van der Waals surface area contributed by atoms with Crippen molar-refractivity contribution in [3.8, 4) is 5.75 Å². The Kier molecular flexibility index (Phi) is 7.58. The van der Waals surface area contributed by atoms with Crippen molar-refractivity contribution >= 4 is 25.9 Å². The molecule has 32 heavy (non-hydrogen) atoms. The Morgan fingerprint density at radius 2 is 1.72 bits per heavy atom.